The van der Waals surface area contributed by atoms with E-state index in [2.05, 4.69) is 20.7 Å². The minimum absolute atomic E-state index is 0.246. The molecule has 2 aromatic carbocycles. The van der Waals surface area contributed by atoms with Gasteiger partial charge in [0.15, 0.2) is 0 Å². The number of carbonyl (C=O) groups excluding carboxylic acids is 2. The molecule has 2 heterocycles. The van der Waals surface area contributed by atoms with Crippen molar-refractivity contribution in [2.75, 3.05) is 54.4 Å². The average molecular weight is 624 g/mol. The zero-order valence-electron chi connectivity index (χ0n) is 26.3. The van der Waals surface area contributed by atoms with Crippen LogP contribution < -0.4 is 14.8 Å². The summed E-state index contributed by atoms with van der Waals surface area (Å²) in [5.74, 6) is 0.189. The van der Waals surface area contributed by atoms with E-state index < -0.39 is 16.1 Å². The summed E-state index contributed by atoms with van der Waals surface area (Å²) in [6.07, 6.45) is 7.35. The van der Waals surface area contributed by atoms with Gasteiger partial charge in [0.05, 0.1) is 12.8 Å². The molecule has 0 spiro atoms. The lowest BCUT2D eigenvalue weighted by Crippen LogP contribution is -2.44. The van der Waals surface area contributed by atoms with Crippen molar-refractivity contribution >= 4 is 33.3 Å². The summed E-state index contributed by atoms with van der Waals surface area (Å²) >= 11 is 0. The van der Waals surface area contributed by atoms with Crippen LogP contribution in [0.5, 0.6) is 5.75 Å². The highest BCUT2D eigenvalue weighted by molar-refractivity contribution is 7.87. The number of nitrogens with one attached hydrogen (secondary N) is 2. The highest BCUT2D eigenvalue weighted by Crippen LogP contribution is 2.47. The molecular formula is C33H45N5O5S. The van der Waals surface area contributed by atoms with E-state index in [1.165, 1.54) is 36.2 Å². The van der Waals surface area contributed by atoms with Crippen molar-refractivity contribution in [3.8, 4) is 17.0 Å². The molecule has 1 aliphatic carbocycles. The molecule has 0 radical (unpaired) electrons. The Hall–Kier alpha value is -3.25. The molecule has 1 aromatic heterocycles. The summed E-state index contributed by atoms with van der Waals surface area (Å²) in [6, 6.07) is 11.6. The quantitative estimate of drug-likeness (QED) is 0.295. The first kappa shape index (κ1) is 32.2. The number of likely N-dealkylation sites (N-methyl/N-ethyl adjacent to an activating group) is 3. The monoisotopic (exact) mass is 623 g/mol. The van der Waals surface area contributed by atoms with Crippen LogP contribution in [-0.2, 0) is 28.0 Å². The van der Waals surface area contributed by atoms with E-state index >= 15 is 0 Å². The van der Waals surface area contributed by atoms with Crippen molar-refractivity contribution < 1.29 is 22.7 Å². The van der Waals surface area contributed by atoms with Gasteiger partial charge in [-0.2, -0.15) is 12.7 Å². The molecule has 10 nitrogen and oxygen atoms in total. The molecule has 0 bridgehead atoms. The van der Waals surface area contributed by atoms with Crippen LogP contribution in [-0.4, -0.2) is 88.8 Å². The van der Waals surface area contributed by atoms with Gasteiger partial charge in [-0.15, -0.1) is 0 Å². The van der Waals surface area contributed by atoms with Gasteiger partial charge < -0.3 is 24.3 Å². The van der Waals surface area contributed by atoms with Crippen LogP contribution in [0.2, 0.25) is 0 Å². The predicted molar refractivity (Wildman–Crippen MR) is 173 cm³/mol. The largest absolute Gasteiger partial charge is 0.497 e. The molecule has 1 saturated carbocycles. The molecule has 3 aromatic rings. The van der Waals surface area contributed by atoms with Gasteiger partial charge in [-0.1, -0.05) is 25.3 Å². The molecule has 0 saturated heterocycles. The molecule has 1 fully saturated rings. The van der Waals surface area contributed by atoms with Crippen LogP contribution in [0.3, 0.4) is 0 Å². The predicted octanol–water partition coefficient (Wildman–Crippen LogP) is 3.79. The number of hydrogen-bond donors (Lipinski definition) is 2. The Balaban J connectivity index is 1.52. The van der Waals surface area contributed by atoms with Gasteiger partial charge in [0.1, 0.15) is 12.0 Å². The van der Waals surface area contributed by atoms with Crippen molar-refractivity contribution in [1.82, 2.24) is 23.8 Å². The molecule has 1 amide bonds. The minimum Gasteiger partial charge on any atom is -0.497 e. The van der Waals surface area contributed by atoms with Crippen molar-refractivity contribution in [3.63, 3.8) is 0 Å². The number of rotatable bonds is 12. The van der Waals surface area contributed by atoms with Gasteiger partial charge >= 0.3 is 10.2 Å². The smallest absolute Gasteiger partial charge is 0.303 e. The number of ether oxygens (including phenoxy) is 1. The van der Waals surface area contributed by atoms with Crippen LogP contribution >= 0.6 is 0 Å². The number of amides is 1. The first-order valence-corrected chi connectivity index (χ1v) is 17.0. The second kappa shape index (κ2) is 13.8. The second-order valence-corrected chi connectivity index (χ2v) is 14.0. The standard InChI is InChI=1S/C33H45N5O5S/c1-34-14-15-36(2)16-17-37(3)44(41,42)35-33(40)25-10-12-29-30(20-25)38-21-23(22-39)18-26-19-27(43-4)11-13-28(26)32(38)31(29)24-8-6-5-7-9-24/h10-13,19-20,22-24,34H,5-9,14-18,21H2,1-4H3,(H,35,40)/t23-/m0/s1. The second-order valence-electron chi connectivity index (χ2n) is 12.2. The fraction of sp³-hybridized carbons (Fsp3) is 0.515. The molecule has 1 aliphatic heterocycles. The summed E-state index contributed by atoms with van der Waals surface area (Å²) in [5.41, 5.74) is 5.63. The third kappa shape index (κ3) is 6.71. The Morgan fingerprint density at radius 1 is 1.07 bits per heavy atom. The van der Waals surface area contributed by atoms with E-state index in [-0.39, 0.29) is 18.0 Å². The third-order valence-electron chi connectivity index (χ3n) is 9.21. The molecule has 5 rings (SSSR count). The Morgan fingerprint density at radius 3 is 2.55 bits per heavy atom. The van der Waals surface area contributed by atoms with E-state index in [9.17, 15) is 18.0 Å². The number of fused-ring (bicyclic) bond motifs is 5. The van der Waals surface area contributed by atoms with Gasteiger partial charge in [-0.05, 0) is 80.7 Å². The highest BCUT2D eigenvalue weighted by Gasteiger charge is 2.32. The van der Waals surface area contributed by atoms with E-state index in [1.807, 2.05) is 37.2 Å². The van der Waals surface area contributed by atoms with Crippen LogP contribution in [0, 0.1) is 5.92 Å². The molecule has 2 N–H and O–H groups in total. The van der Waals surface area contributed by atoms with Gasteiger partial charge in [0.2, 0.25) is 0 Å². The number of nitrogens with zero attached hydrogens (tertiary/aromatic N) is 3. The first-order valence-electron chi connectivity index (χ1n) is 15.6. The van der Waals surface area contributed by atoms with Crippen molar-refractivity contribution in [2.24, 2.45) is 5.92 Å². The maximum absolute atomic E-state index is 13.4. The van der Waals surface area contributed by atoms with E-state index in [1.54, 1.807) is 19.2 Å². The maximum atomic E-state index is 13.4. The number of carbonyl (C=O) groups is 2. The van der Waals surface area contributed by atoms with Crippen LogP contribution in [0.25, 0.3) is 22.2 Å². The number of hydrogen-bond acceptors (Lipinski definition) is 7. The van der Waals surface area contributed by atoms with E-state index in [4.69, 9.17) is 4.74 Å². The zero-order valence-corrected chi connectivity index (χ0v) is 27.1. The number of aldehydes is 1. The maximum Gasteiger partial charge on any atom is 0.303 e. The summed E-state index contributed by atoms with van der Waals surface area (Å²) in [4.78, 5) is 27.7. The summed E-state index contributed by atoms with van der Waals surface area (Å²) in [5, 5.41) is 4.13. The van der Waals surface area contributed by atoms with E-state index in [0.717, 1.165) is 65.7 Å². The Bertz CT molecular complexity index is 1610. The van der Waals surface area contributed by atoms with Gasteiger partial charge in [-0.3, -0.25) is 4.79 Å². The Labute approximate surface area is 260 Å². The molecule has 0 unspecified atom stereocenters. The molecule has 1 atom stereocenters. The summed E-state index contributed by atoms with van der Waals surface area (Å²) in [7, 11) is 2.87. The molecule has 2 aliphatic rings. The fourth-order valence-electron chi connectivity index (χ4n) is 6.67. The SMILES string of the molecule is CNCCN(C)CCN(C)S(=O)(=O)NC(=O)c1ccc2c(C3CCCCC3)c3n(c2c1)C[C@@H](C=O)Cc1cc(OC)ccc1-3. The number of methoxy groups -OCH3 is 1. The first-order chi connectivity index (χ1) is 21.2. The third-order valence-corrected chi connectivity index (χ3v) is 10.7. The molecule has 11 heteroatoms. The fourth-order valence-corrected chi connectivity index (χ4v) is 7.50. The summed E-state index contributed by atoms with van der Waals surface area (Å²) in [6.45, 7) is 2.84. The topological polar surface area (TPSA) is 113 Å². The minimum atomic E-state index is -4.05. The average Bonchev–Trinajstić information content (AvgIpc) is 3.24. The van der Waals surface area contributed by atoms with Crippen molar-refractivity contribution in [2.45, 2.75) is 51.0 Å². The normalized spacial score (nSPS) is 17.4. The van der Waals surface area contributed by atoms with Crippen LogP contribution in [0.15, 0.2) is 36.4 Å². The number of benzene rings is 2. The Kier molecular flexibility index (Phi) is 10.1. The van der Waals surface area contributed by atoms with Crippen molar-refractivity contribution in [1.29, 1.82) is 0 Å². The van der Waals surface area contributed by atoms with Crippen molar-refractivity contribution in [3.05, 3.63) is 53.1 Å². The van der Waals surface area contributed by atoms with Crippen LogP contribution in [0.4, 0.5) is 0 Å². The van der Waals surface area contributed by atoms with Crippen LogP contribution in [0.1, 0.15) is 59.5 Å². The lowest BCUT2D eigenvalue weighted by atomic mass is 9.81. The molecular weight excluding hydrogens is 578 g/mol. The lowest BCUT2D eigenvalue weighted by molar-refractivity contribution is -0.111. The molecule has 238 valence electrons. The Morgan fingerprint density at radius 2 is 1.84 bits per heavy atom. The van der Waals surface area contributed by atoms with Gasteiger partial charge in [0, 0.05) is 67.7 Å². The van der Waals surface area contributed by atoms with Gasteiger partial charge in [-0.25, -0.2) is 4.72 Å². The summed E-state index contributed by atoms with van der Waals surface area (Å²) < 4.78 is 37.3. The zero-order chi connectivity index (χ0) is 31.4. The lowest BCUT2D eigenvalue weighted by Gasteiger charge is -2.24. The number of aromatic nitrogens is 1. The van der Waals surface area contributed by atoms with Gasteiger partial charge in [0.25, 0.3) is 5.91 Å². The molecule has 44 heavy (non-hydrogen) atoms. The van der Waals surface area contributed by atoms with E-state index in [0.29, 0.717) is 25.4 Å². The highest BCUT2D eigenvalue weighted by atomic mass is 32.2.